The van der Waals surface area contributed by atoms with Gasteiger partial charge in [0.25, 0.3) is 5.91 Å². The van der Waals surface area contributed by atoms with Crippen LogP contribution in [-0.4, -0.2) is 10.9 Å². The number of amides is 1. The van der Waals surface area contributed by atoms with Crippen LogP contribution in [0.4, 0.5) is 5.82 Å². The summed E-state index contributed by atoms with van der Waals surface area (Å²) < 4.78 is 0.927. The standard InChI is InChI=1S/C14H13BrN2O/c1-9-4-3-5-11(8-9)14(18)17-13-7-6-12(15)10(2)16-13/h3-8H,1-2H3,(H,16,17,18). The number of rotatable bonds is 2. The van der Waals surface area contributed by atoms with Gasteiger partial charge >= 0.3 is 0 Å². The molecule has 2 aromatic rings. The molecule has 0 atom stereocenters. The molecule has 1 N–H and O–H groups in total. The van der Waals surface area contributed by atoms with Crippen molar-refractivity contribution in [2.75, 3.05) is 5.32 Å². The molecule has 0 saturated carbocycles. The number of carbonyl (C=O) groups is 1. The monoisotopic (exact) mass is 304 g/mol. The highest BCUT2D eigenvalue weighted by Crippen LogP contribution is 2.16. The number of hydrogen-bond acceptors (Lipinski definition) is 2. The molecule has 0 aliphatic heterocycles. The Morgan fingerprint density at radius 1 is 1.22 bits per heavy atom. The number of nitrogens with one attached hydrogen (secondary N) is 1. The zero-order valence-electron chi connectivity index (χ0n) is 10.2. The van der Waals surface area contributed by atoms with E-state index in [-0.39, 0.29) is 5.91 Å². The van der Waals surface area contributed by atoms with Crippen molar-refractivity contribution < 1.29 is 4.79 Å². The van der Waals surface area contributed by atoms with Gasteiger partial charge in [-0.3, -0.25) is 4.79 Å². The van der Waals surface area contributed by atoms with E-state index < -0.39 is 0 Å². The predicted octanol–water partition coefficient (Wildman–Crippen LogP) is 3.71. The van der Waals surface area contributed by atoms with Crippen molar-refractivity contribution in [3.63, 3.8) is 0 Å². The minimum absolute atomic E-state index is 0.145. The number of hydrogen-bond donors (Lipinski definition) is 1. The number of benzene rings is 1. The molecule has 3 nitrogen and oxygen atoms in total. The molecule has 1 aromatic carbocycles. The quantitative estimate of drug-likeness (QED) is 0.919. The van der Waals surface area contributed by atoms with Gasteiger partial charge in [0.2, 0.25) is 0 Å². The highest BCUT2D eigenvalue weighted by atomic mass is 79.9. The molecule has 0 bridgehead atoms. The molecule has 2 rings (SSSR count). The third kappa shape index (κ3) is 2.96. The smallest absolute Gasteiger partial charge is 0.256 e. The van der Waals surface area contributed by atoms with Crippen LogP contribution in [-0.2, 0) is 0 Å². The van der Waals surface area contributed by atoms with Crippen LogP contribution in [0.5, 0.6) is 0 Å². The maximum absolute atomic E-state index is 12.0. The third-order valence-electron chi connectivity index (χ3n) is 2.54. The fourth-order valence-electron chi connectivity index (χ4n) is 1.59. The van der Waals surface area contributed by atoms with Crippen LogP contribution >= 0.6 is 15.9 Å². The number of aromatic nitrogens is 1. The first-order valence-electron chi connectivity index (χ1n) is 5.57. The largest absolute Gasteiger partial charge is 0.307 e. The molecule has 0 aliphatic carbocycles. The van der Waals surface area contributed by atoms with Crippen molar-refractivity contribution in [2.45, 2.75) is 13.8 Å². The summed E-state index contributed by atoms with van der Waals surface area (Å²) in [6, 6.07) is 11.1. The SMILES string of the molecule is Cc1cccc(C(=O)Nc2ccc(Br)c(C)n2)c1. The minimum Gasteiger partial charge on any atom is -0.307 e. The van der Waals surface area contributed by atoms with E-state index in [1.54, 1.807) is 12.1 Å². The van der Waals surface area contributed by atoms with E-state index in [2.05, 4.69) is 26.2 Å². The molecule has 18 heavy (non-hydrogen) atoms. The van der Waals surface area contributed by atoms with E-state index in [0.29, 0.717) is 11.4 Å². The van der Waals surface area contributed by atoms with Crippen molar-refractivity contribution in [1.82, 2.24) is 4.98 Å². The highest BCUT2D eigenvalue weighted by Gasteiger charge is 2.07. The second-order valence-corrected chi connectivity index (χ2v) is 4.94. The lowest BCUT2D eigenvalue weighted by atomic mass is 10.1. The van der Waals surface area contributed by atoms with Crippen molar-refractivity contribution in [3.05, 3.63) is 57.7 Å². The number of nitrogens with zero attached hydrogens (tertiary/aromatic N) is 1. The summed E-state index contributed by atoms with van der Waals surface area (Å²) in [5.41, 5.74) is 2.54. The van der Waals surface area contributed by atoms with E-state index in [0.717, 1.165) is 15.7 Å². The highest BCUT2D eigenvalue weighted by molar-refractivity contribution is 9.10. The Kier molecular flexibility index (Phi) is 3.77. The normalized spacial score (nSPS) is 10.2. The topological polar surface area (TPSA) is 42.0 Å². The fourth-order valence-corrected chi connectivity index (χ4v) is 1.81. The first kappa shape index (κ1) is 12.8. The number of pyridine rings is 1. The molecule has 92 valence electrons. The lowest BCUT2D eigenvalue weighted by Crippen LogP contribution is -2.13. The summed E-state index contributed by atoms with van der Waals surface area (Å²) in [7, 11) is 0. The molecule has 0 radical (unpaired) electrons. The van der Waals surface area contributed by atoms with Gasteiger partial charge < -0.3 is 5.32 Å². The first-order valence-corrected chi connectivity index (χ1v) is 6.37. The molecular formula is C14H13BrN2O. The zero-order chi connectivity index (χ0) is 13.1. The number of carbonyl (C=O) groups excluding carboxylic acids is 1. The van der Waals surface area contributed by atoms with Crippen LogP contribution in [0.15, 0.2) is 40.9 Å². The molecule has 0 fully saturated rings. The van der Waals surface area contributed by atoms with Gasteiger partial charge in [-0.15, -0.1) is 0 Å². The third-order valence-corrected chi connectivity index (χ3v) is 3.38. The number of halogens is 1. The van der Waals surface area contributed by atoms with E-state index >= 15 is 0 Å². The Bertz CT molecular complexity index is 596. The van der Waals surface area contributed by atoms with Gasteiger partial charge in [0.15, 0.2) is 0 Å². The van der Waals surface area contributed by atoms with Crippen molar-refractivity contribution >= 4 is 27.7 Å². The summed E-state index contributed by atoms with van der Waals surface area (Å²) >= 11 is 3.37. The van der Waals surface area contributed by atoms with E-state index in [4.69, 9.17) is 0 Å². The van der Waals surface area contributed by atoms with Crippen LogP contribution in [0.1, 0.15) is 21.6 Å². The fraction of sp³-hybridized carbons (Fsp3) is 0.143. The summed E-state index contributed by atoms with van der Waals surface area (Å²) in [5, 5.41) is 2.78. The number of anilines is 1. The Labute approximate surface area is 114 Å². The average molecular weight is 305 g/mol. The van der Waals surface area contributed by atoms with Gasteiger partial charge in [0.1, 0.15) is 5.82 Å². The summed E-state index contributed by atoms with van der Waals surface area (Å²) in [6.45, 7) is 3.84. The van der Waals surface area contributed by atoms with Gasteiger partial charge in [0, 0.05) is 10.0 Å². The Morgan fingerprint density at radius 3 is 2.67 bits per heavy atom. The molecule has 1 amide bonds. The van der Waals surface area contributed by atoms with Crippen molar-refractivity contribution in [1.29, 1.82) is 0 Å². The molecule has 0 unspecified atom stereocenters. The van der Waals surface area contributed by atoms with Crippen molar-refractivity contribution in [3.8, 4) is 0 Å². The summed E-state index contributed by atoms with van der Waals surface area (Å²) in [6.07, 6.45) is 0. The van der Waals surface area contributed by atoms with Gasteiger partial charge in [-0.1, -0.05) is 17.7 Å². The lowest BCUT2D eigenvalue weighted by Gasteiger charge is -2.06. The Morgan fingerprint density at radius 2 is 2.00 bits per heavy atom. The minimum atomic E-state index is -0.145. The van der Waals surface area contributed by atoms with Crippen LogP contribution in [0.2, 0.25) is 0 Å². The molecule has 0 aliphatic rings. The number of aryl methyl sites for hydroxylation is 2. The average Bonchev–Trinajstić information content (AvgIpc) is 2.34. The molecule has 0 spiro atoms. The maximum atomic E-state index is 12.0. The van der Waals surface area contributed by atoms with Crippen LogP contribution in [0.25, 0.3) is 0 Å². The first-order chi connectivity index (χ1) is 8.56. The molecule has 1 heterocycles. The second-order valence-electron chi connectivity index (χ2n) is 4.09. The molecular weight excluding hydrogens is 292 g/mol. The van der Waals surface area contributed by atoms with E-state index in [9.17, 15) is 4.79 Å². The molecule has 1 aromatic heterocycles. The summed E-state index contributed by atoms with van der Waals surface area (Å²) in [4.78, 5) is 16.3. The van der Waals surface area contributed by atoms with Crippen LogP contribution in [0.3, 0.4) is 0 Å². The predicted molar refractivity (Wildman–Crippen MR) is 75.8 cm³/mol. The zero-order valence-corrected chi connectivity index (χ0v) is 11.8. The van der Waals surface area contributed by atoms with Gasteiger partial charge in [-0.2, -0.15) is 0 Å². The molecule has 0 saturated heterocycles. The van der Waals surface area contributed by atoms with Crippen molar-refractivity contribution in [2.24, 2.45) is 0 Å². The maximum Gasteiger partial charge on any atom is 0.256 e. The lowest BCUT2D eigenvalue weighted by molar-refractivity contribution is 0.102. The van der Waals surface area contributed by atoms with E-state index in [1.165, 1.54) is 0 Å². The summed E-state index contributed by atoms with van der Waals surface area (Å²) in [5.74, 6) is 0.412. The van der Waals surface area contributed by atoms with Gasteiger partial charge in [-0.05, 0) is 54.0 Å². The van der Waals surface area contributed by atoms with Crippen LogP contribution in [0, 0.1) is 13.8 Å². The van der Waals surface area contributed by atoms with E-state index in [1.807, 2.05) is 38.1 Å². The van der Waals surface area contributed by atoms with Crippen LogP contribution < -0.4 is 5.32 Å². The second kappa shape index (κ2) is 5.31. The van der Waals surface area contributed by atoms with Gasteiger partial charge in [-0.25, -0.2) is 4.98 Å². The molecule has 4 heteroatoms. The Hall–Kier alpha value is -1.68. The Balaban J connectivity index is 2.18. The van der Waals surface area contributed by atoms with Gasteiger partial charge in [0.05, 0.1) is 5.69 Å².